The zero-order chi connectivity index (χ0) is 17.4. The SMILES string of the molecule is CSc1ncc2c(N3CCC3Cc3ccncc3)nc(Cl)c(F)c2n1. The van der Waals surface area contributed by atoms with Crippen molar-refractivity contribution in [2.45, 2.75) is 24.0 Å². The monoisotopic (exact) mass is 375 g/mol. The van der Waals surface area contributed by atoms with Crippen LogP contribution in [0.1, 0.15) is 12.0 Å². The molecule has 0 saturated carbocycles. The molecule has 3 aromatic heterocycles. The standard InChI is InChI=1S/C17H15ClFN5S/c1-25-17-21-9-12-14(22-17)13(19)15(18)23-16(12)24-7-4-11(24)8-10-2-5-20-6-3-10/h2-3,5-6,9,11H,4,7-8H2,1H3. The Bertz CT molecular complexity index is 924. The molecule has 1 aliphatic heterocycles. The minimum atomic E-state index is -0.593. The largest absolute Gasteiger partial charge is 0.352 e. The van der Waals surface area contributed by atoms with Crippen LogP contribution in [0.5, 0.6) is 0 Å². The van der Waals surface area contributed by atoms with Gasteiger partial charge in [-0.2, -0.15) is 0 Å². The number of nitrogens with zero attached hydrogens (tertiary/aromatic N) is 5. The van der Waals surface area contributed by atoms with Crippen LogP contribution in [0.4, 0.5) is 10.2 Å². The summed E-state index contributed by atoms with van der Waals surface area (Å²) in [6.45, 7) is 0.851. The Kier molecular flexibility index (Phi) is 4.43. The molecular formula is C17H15ClFN5S. The lowest BCUT2D eigenvalue weighted by atomic mass is 9.95. The molecular weight excluding hydrogens is 361 g/mol. The summed E-state index contributed by atoms with van der Waals surface area (Å²) >= 11 is 7.40. The third-order valence-corrected chi connectivity index (χ3v) is 5.23. The molecule has 0 amide bonds. The van der Waals surface area contributed by atoms with E-state index in [1.165, 1.54) is 17.3 Å². The minimum Gasteiger partial charge on any atom is -0.352 e. The summed E-state index contributed by atoms with van der Waals surface area (Å²) < 4.78 is 14.4. The van der Waals surface area contributed by atoms with Gasteiger partial charge in [0, 0.05) is 31.2 Å². The Morgan fingerprint density at radius 3 is 2.80 bits per heavy atom. The number of hydrogen-bond donors (Lipinski definition) is 0. The fraction of sp³-hybridized carbons (Fsp3) is 0.294. The van der Waals surface area contributed by atoms with Crippen molar-refractivity contribution in [3.05, 3.63) is 47.3 Å². The van der Waals surface area contributed by atoms with Gasteiger partial charge >= 0.3 is 0 Å². The highest BCUT2D eigenvalue weighted by molar-refractivity contribution is 7.98. The molecule has 4 rings (SSSR count). The molecule has 1 atom stereocenters. The van der Waals surface area contributed by atoms with E-state index in [2.05, 4.69) is 24.8 Å². The van der Waals surface area contributed by atoms with Gasteiger partial charge in [-0.15, -0.1) is 0 Å². The molecule has 8 heteroatoms. The molecule has 25 heavy (non-hydrogen) atoms. The van der Waals surface area contributed by atoms with Gasteiger partial charge in [0.1, 0.15) is 11.3 Å². The van der Waals surface area contributed by atoms with E-state index < -0.39 is 5.82 Å². The molecule has 3 aromatic rings. The summed E-state index contributed by atoms with van der Waals surface area (Å²) in [5.41, 5.74) is 1.44. The van der Waals surface area contributed by atoms with Crippen LogP contribution in [0.25, 0.3) is 10.9 Å². The zero-order valence-corrected chi connectivity index (χ0v) is 15.1. The maximum absolute atomic E-state index is 14.4. The normalized spacial score (nSPS) is 16.9. The topological polar surface area (TPSA) is 54.8 Å². The summed E-state index contributed by atoms with van der Waals surface area (Å²) in [5, 5.41) is 0.957. The number of pyridine rings is 2. The van der Waals surface area contributed by atoms with Crippen LogP contribution in [0.15, 0.2) is 35.9 Å². The van der Waals surface area contributed by atoms with Crippen LogP contribution in [0, 0.1) is 5.82 Å². The minimum absolute atomic E-state index is 0.150. The summed E-state index contributed by atoms with van der Waals surface area (Å²) in [7, 11) is 0. The van der Waals surface area contributed by atoms with Crippen LogP contribution in [-0.4, -0.2) is 38.8 Å². The van der Waals surface area contributed by atoms with Gasteiger partial charge in [-0.3, -0.25) is 4.98 Å². The molecule has 1 saturated heterocycles. The number of thioether (sulfide) groups is 1. The lowest BCUT2D eigenvalue weighted by molar-refractivity contribution is 0.442. The molecule has 0 N–H and O–H groups in total. The highest BCUT2D eigenvalue weighted by Crippen LogP contribution is 2.35. The van der Waals surface area contributed by atoms with Crippen LogP contribution in [-0.2, 0) is 6.42 Å². The number of rotatable bonds is 4. The van der Waals surface area contributed by atoms with Crippen molar-refractivity contribution in [3.8, 4) is 0 Å². The Hall–Kier alpha value is -1.99. The average molecular weight is 376 g/mol. The molecule has 128 valence electrons. The van der Waals surface area contributed by atoms with Gasteiger partial charge in [0.05, 0.1) is 5.39 Å². The lowest BCUT2D eigenvalue weighted by Gasteiger charge is -2.42. The molecule has 0 aromatic carbocycles. The Morgan fingerprint density at radius 2 is 2.12 bits per heavy atom. The van der Waals surface area contributed by atoms with E-state index in [0.29, 0.717) is 22.4 Å². The van der Waals surface area contributed by atoms with Gasteiger partial charge < -0.3 is 4.90 Å². The molecule has 1 fully saturated rings. The van der Waals surface area contributed by atoms with Crippen molar-refractivity contribution >= 4 is 40.1 Å². The number of anilines is 1. The quantitative estimate of drug-likeness (QED) is 0.393. The lowest BCUT2D eigenvalue weighted by Crippen LogP contribution is -2.49. The summed E-state index contributed by atoms with van der Waals surface area (Å²) in [4.78, 5) is 19.0. The third kappa shape index (κ3) is 3.02. The van der Waals surface area contributed by atoms with Gasteiger partial charge in [-0.1, -0.05) is 23.4 Å². The van der Waals surface area contributed by atoms with Gasteiger partial charge in [-0.25, -0.2) is 19.3 Å². The van der Waals surface area contributed by atoms with Crippen LogP contribution in [0.3, 0.4) is 0 Å². The number of halogens is 2. The van der Waals surface area contributed by atoms with Crippen LogP contribution < -0.4 is 4.90 Å². The Morgan fingerprint density at radius 1 is 1.32 bits per heavy atom. The Labute approximate surface area is 153 Å². The fourth-order valence-electron chi connectivity index (χ4n) is 3.04. The first-order valence-electron chi connectivity index (χ1n) is 7.88. The van der Waals surface area contributed by atoms with Gasteiger partial charge in [0.2, 0.25) is 0 Å². The Balaban J connectivity index is 1.72. The first-order chi connectivity index (χ1) is 12.2. The van der Waals surface area contributed by atoms with Gasteiger partial charge in [-0.05, 0) is 36.8 Å². The van der Waals surface area contributed by atoms with E-state index in [1.807, 2.05) is 18.4 Å². The second-order valence-corrected chi connectivity index (χ2v) is 6.99. The maximum atomic E-state index is 14.4. The number of fused-ring (bicyclic) bond motifs is 1. The van der Waals surface area contributed by atoms with E-state index in [4.69, 9.17) is 11.6 Å². The molecule has 0 spiro atoms. The van der Waals surface area contributed by atoms with Gasteiger partial charge in [0.25, 0.3) is 0 Å². The molecule has 0 radical (unpaired) electrons. The average Bonchev–Trinajstić information content (AvgIpc) is 2.63. The first-order valence-corrected chi connectivity index (χ1v) is 9.49. The van der Waals surface area contributed by atoms with Crippen LogP contribution in [0.2, 0.25) is 5.15 Å². The highest BCUT2D eigenvalue weighted by atomic mass is 35.5. The fourth-order valence-corrected chi connectivity index (χ4v) is 3.55. The van der Waals surface area contributed by atoms with E-state index in [0.717, 1.165) is 19.4 Å². The van der Waals surface area contributed by atoms with E-state index >= 15 is 0 Å². The van der Waals surface area contributed by atoms with E-state index in [1.54, 1.807) is 18.6 Å². The summed E-state index contributed by atoms with van der Waals surface area (Å²) in [5.74, 6) is 0.0590. The first kappa shape index (κ1) is 16.5. The predicted octanol–water partition coefficient (Wildman–Crippen LogP) is 3.76. The van der Waals surface area contributed by atoms with E-state index in [-0.39, 0.29) is 10.7 Å². The van der Waals surface area contributed by atoms with Crippen molar-refractivity contribution in [1.29, 1.82) is 0 Å². The van der Waals surface area contributed by atoms with Crippen molar-refractivity contribution in [2.24, 2.45) is 0 Å². The molecule has 5 nitrogen and oxygen atoms in total. The van der Waals surface area contributed by atoms with Crippen molar-refractivity contribution in [3.63, 3.8) is 0 Å². The smallest absolute Gasteiger partial charge is 0.187 e. The van der Waals surface area contributed by atoms with Crippen molar-refractivity contribution in [1.82, 2.24) is 19.9 Å². The maximum Gasteiger partial charge on any atom is 0.187 e. The molecule has 4 heterocycles. The zero-order valence-electron chi connectivity index (χ0n) is 13.5. The highest BCUT2D eigenvalue weighted by Gasteiger charge is 2.32. The molecule has 1 unspecified atom stereocenters. The summed E-state index contributed by atoms with van der Waals surface area (Å²) in [6.07, 6.45) is 8.99. The molecule has 1 aliphatic rings. The second-order valence-electron chi connectivity index (χ2n) is 5.85. The second kappa shape index (κ2) is 6.72. The third-order valence-electron chi connectivity index (χ3n) is 4.42. The number of aromatic nitrogens is 4. The van der Waals surface area contributed by atoms with Crippen LogP contribution >= 0.6 is 23.4 Å². The molecule has 0 aliphatic carbocycles. The van der Waals surface area contributed by atoms with Crippen molar-refractivity contribution in [2.75, 3.05) is 17.7 Å². The number of hydrogen-bond acceptors (Lipinski definition) is 6. The van der Waals surface area contributed by atoms with E-state index in [9.17, 15) is 4.39 Å². The van der Waals surface area contributed by atoms with Gasteiger partial charge in [0.15, 0.2) is 16.1 Å². The predicted molar refractivity (Wildman–Crippen MR) is 97.8 cm³/mol. The van der Waals surface area contributed by atoms with Crippen molar-refractivity contribution < 1.29 is 4.39 Å². The molecule has 0 bridgehead atoms. The summed E-state index contributed by atoms with van der Waals surface area (Å²) in [6, 6.07) is 4.31.